The van der Waals surface area contributed by atoms with Crippen molar-refractivity contribution in [1.29, 1.82) is 0 Å². The average molecular weight is 390 g/mol. The van der Waals surface area contributed by atoms with E-state index in [1.54, 1.807) is 16.0 Å². The zero-order chi connectivity index (χ0) is 19.2. The molecule has 0 spiro atoms. The molecule has 6 heteroatoms. The van der Waals surface area contributed by atoms with Crippen molar-refractivity contribution >= 4 is 11.3 Å². The van der Waals surface area contributed by atoms with E-state index in [0.29, 0.717) is 6.54 Å². The van der Waals surface area contributed by atoms with Crippen molar-refractivity contribution in [1.82, 2.24) is 25.5 Å². The normalized spacial score (nSPS) is 12.2. The minimum absolute atomic E-state index is 0.108. The van der Waals surface area contributed by atoms with Crippen LogP contribution < -0.4 is 5.32 Å². The summed E-state index contributed by atoms with van der Waals surface area (Å²) in [4.78, 5) is 1.28. The highest BCUT2D eigenvalue weighted by molar-refractivity contribution is 7.10. The summed E-state index contributed by atoms with van der Waals surface area (Å²) in [6, 6.07) is 23.2. The van der Waals surface area contributed by atoms with Crippen molar-refractivity contribution in [3.63, 3.8) is 0 Å². The number of aromatic nitrogens is 4. The monoisotopic (exact) mass is 389 g/mol. The lowest BCUT2D eigenvalue weighted by Gasteiger charge is -2.18. The number of tetrazole rings is 1. The quantitative estimate of drug-likeness (QED) is 0.480. The van der Waals surface area contributed by atoms with Gasteiger partial charge in [-0.15, -0.1) is 16.4 Å². The van der Waals surface area contributed by atoms with Crippen LogP contribution in [0.5, 0.6) is 0 Å². The second kappa shape index (κ2) is 8.91. The fourth-order valence-corrected chi connectivity index (χ4v) is 4.11. The Hall–Kier alpha value is -2.83. The SMILES string of the molecule is CCCc1ccc(C(NCc2nnnn2-c2ccccc2)c2cccs2)cc1. The summed E-state index contributed by atoms with van der Waals surface area (Å²) in [5, 5.41) is 18.0. The highest BCUT2D eigenvalue weighted by Crippen LogP contribution is 2.27. The minimum Gasteiger partial charge on any atom is -0.298 e. The van der Waals surface area contributed by atoms with Gasteiger partial charge in [-0.1, -0.05) is 61.9 Å². The first kappa shape index (κ1) is 18.5. The van der Waals surface area contributed by atoms with Crippen molar-refractivity contribution in [2.45, 2.75) is 32.4 Å². The number of nitrogens with zero attached hydrogens (tertiary/aromatic N) is 4. The summed E-state index contributed by atoms with van der Waals surface area (Å²) in [5.41, 5.74) is 3.59. The van der Waals surface area contributed by atoms with Crippen LogP contribution in [0.1, 0.15) is 41.2 Å². The molecule has 28 heavy (non-hydrogen) atoms. The van der Waals surface area contributed by atoms with Crippen LogP contribution in [-0.2, 0) is 13.0 Å². The highest BCUT2D eigenvalue weighted by atomic mass is 32.1. The standard InChI is InChI=1S/C22H23N5S/c1-2-7-17-11-13-18(14-12-17)22(20-10-6-15-28-20)23-16-21-24-25-26-27(21)19-8-4-3-5-9-19/h3-6,8-15,22-23H,2,7,16H2,1H3. The average Bonchev–Trinajstić information content (AvgIpc) is 3.43. The van der Waals surface area contributed by atoms with Gasteiger partial charge in [0.25, 0.3) is 0 Å². The van der Waals surface area contributed by atoms with Gasteiger partial charge in [0.15, 0.2) is 5.82 Å². The maximum Gasteiger partial charge on any atom is 0.170 e. The van der Waals surface area contributed by atoms with Crippen LogP contribution in [-0.4, -0.2) is 20.2 Å². The lowest BCUT2D eigenvalue weighted by molar-refractivity contribution is 0.582. The van der Waals surface area contributed by atoms with Crippen LogP contribution in [0.3, 0.4) is 0 Å². The van der Waals surface area contributed by atoms with E-state index in [0.717, 1.165) is 24.4 Å². The molecule has 2 aromatic heterocycles. The van der Waals surface area contributed by atoms with Gasteiger partial charge in [0, 0.05) is 4.88 Å². The van der Waals surface area contributed by atoms with Crippen molar-refractivity contribution in [3.8, 4) is 5.69 Å². The van der Waals surface area contributed by atoms with Gasteiger partial charge < -0.3 is 0 Å². The van der Waals surface area contributed by atoms with Gasteiger partial charge in [-0.3, -0.25) is 5.32 Å². The molecule has 1 N–H and O–H groups in total. The molecule has 1 atom stereocenters. The number of hydrogen-bond donors (Lipinski definition) is 1. The molecule has 142 valence electrons. The molecule has 0 saturated carbocycles. The van der Waals surface area contributed by atoms with Gasteiger partial charge in [-0.05, 0) is 51.6 Å². The smallest absolute Gasteiger partial charge is 0.170 e. The van der Waals surface area contributed by atoms with Gasteiger partial charge in [-0.25, -0.2) is 0 Å². The number of para-hydroxylation sites is 1. The molecule has 4 aromatic rings. The predicted octanol–water partition coefficient (Wildman–Crippen LogP) is 4.56. The summed E-state index contributed by atoms with van der Waals surface area (Å²) >= 11 is 1.76. The topological polar surface area (TPSA) is 55.6 Å². The lowest BCUT2D eigenvalue weighted by Crippen LogP contribution is -2.23. The summed E-state index contributed by atoms with van der Waals surface area (Å²) in [6.07, 6.45) is 2.28. The van der Waals surface area contributed by atoms with Gasteiger partial charge in [0.1, 0.15) is 0 Å². The first-order valence-electron chi connectivity index (χ1n) is 9.53. The minimum atomic E-state index is 0.108. The summed E-state index contributed by atoms with van der Waals surface area (Å²) in [7, 11) is 0. The first-order chi connectivity index (χ1) is 13.8. The maximum absolute atomic E-state index is 4.22. The summed E-state index contributed by atoms with van der Waals surface area (Å²) < 4.78 is 1.78. The van der Waals surface area contributed by atoms with E-state index in [-0.39, 0.29) is 6.04 Å². The zero-order valence-corrected chi connectivity index (χ0v) is 16.6. The Morgan fingerprint density at radius 3 is 2.54 bits per heavy atom. The first-order valence-corrected chi connectivity index (χ1v) is 10.4. The Balaban J connectivity index is 1.56. The van der Waals surface area contributed by atoms with E-state index in [1.165, 1.54) is 16.0 Å². The molecule has 2 heterocycles. The molecule has 0 aliphatic heterocycles. The number of hydrogen-bond acceptors (Lipinski definition) is 5. The number of benzene rings is 2. The Kier molecular flexibility index (Phi) is 5.89. The molecule has 2 aromatic carbocycles. The molecule has 1 unspecified atom stereocenters. The van der Waals surface area contributed by atoms with E-state index < -0.39 is 0 Å². The molecule has 0 aliphatic carbocycles. The third-order valence-electron chi connectivity index (χ3n) is 4.68. The Morgan fingerprint density at radius 1 is 1.00 bits per heavy atom. The van der Waals surface area contributed by atoms with E-state index in [4.69, 9.17) is 0 Å². The molecule has 0 aliphatic rings. The van der Waals surface area contributed by atoms with Crippen LogP contribution >= 0.6 is 11.3 Å². The van der Waals surface area contributed by atoms with Crippen molar-refractivity contribution < 1.29 is 0 Å². The molecule has 0 radical (unpaired) electrons. The van der Waals surface area contributed by atoms with Crippen molar-refractivity contribution in [2.75, 3.05) is 0 Å². The molecule has 5 nitrogen and oxygen atoms in total. The third-order valence-corrected chi connectivity index (χ3v) is 5.62. The lowest BCUT2D eigenvalue weighted by atomic mass is 10.0. The van der Waals surface area contributed by atoms with Crippen LogP contribution in [0.4, 0.5) is 0 Å². The number of thiophene rings is 1. The Morgan fingerprint density at radius 2 is 1.82 bits per heavy atom. The second-order valence-corrected chi connectivity index (χ2v) is 7.64. The second-order valence-electron chi connectivity index (χ2n) is 6.66. The molecule has 0 amide bonds. The highest BCUT2D eigenvalue weighted by Gasteiger charge is 2.17. The molecule has 0 saturated heterocycles. The molecular weight excluding hydrogens is 366 g/mol. The van der Waals surface area contributed by atoms with Crippen LogP contribution in [0.25, 0.3) is 5.69 Å². The van der Waals surface area contributed by atoms with Crippen molar-refractivity contribution in [3.05, 3.63) is 93.9 Å². The number of rotatable bonds is 8. The summed E-state index contributed by atoms with van der Waals surface area (Å²) in [6.45, 7) is 2.78. The van der Waals surface area contributed by atoms with Gasteiger partial charge >= 0.3 is 0 Å². The van der Waals surface area contributed by atoms with Crippen LogP contribution in [0.15, 0.2) is 72.1 Å². The Bertz CT molecular complexity index is 977. The van der Waals surface area contributed by atoms with E-state index in [2.05, 4.69) is 69.5 Å². The van der Waals surface area contributed by atoms with Crippen LogP contribution in [0, 0.1) is 0 Å². The van der Waals surface area contributed by atoms with Gasteiger partial charge in [0.05, 0.1) is 18.3 Å². The van der Waals surface area contributed by atoms with Crippen molar-refractivity contribution in [2.24, 2.45) is 0 Å². The maximum atomic E-state index is 4.22. The molecular formula is C22H23N5S. The van der Waals surface area contributed by atoms with E-state index >= 15 is 0 Å². The largest absolute Gasteiger partial charge is 0.298 e. The van der Waals surface area contributed by atoms with E-state index in [1.807, 2.05) is 30.3 Å². The zero-order valence-electron chi connectivity index (χ0n) is 15.8. The predicted molar refractivity (Wildman–Crippen MR) is 113 cm³/mol. The molecule has 0 bridgehead atoms. The molecule has 4 rings (SSSR count). The van der Waals surface area contributed by atoms with E-state index in [9.17, 15) is 0 Å². The van der Waals surface area contributed by atoms with Crippen LogP contribution in [0.2, 0.25) is 0 Å². The Labute approximate surface area is 169 Å². The summed E-state index contributed by atoms with van der Waals surface area (Å²) in [5.74, 6) is 0.787. The molecule has 0 fully saturated rings. The van der Waals surface area contributed by atoms with Gasteiger partial charge in [0.2, 0.25) is 0 Å². The van der Waals surface area contributed by atoms with Gasteiger partial charge in [-0.2, -0.15) is 4.68 Å². The fraction of sp³-hybridized carbons (Fsp3) is 0.227. The third kappa shape index (κ3) is 4.18. The fourth-order valence-electron chi connectivity index (χ4n) is 3.28. The number of aryl methyl sites for hydroxylation is 1. The number of nitrogens with one attached hydrogen (secondary N) is 1.